The summed E-state index contributed by atoms with van der Waals surface area (Å²) in [5, 5.41) is 0. The van der Waals surface area contributed by atoms with E-state index in [1.807, 2.05) is 36.0 Å². The van der Waals surface area contributed by atoms with Crippen molar-refractivity contribution in [2.24, 2.45) is 0 Å². The highest BCUT2D eigenvalue weighted by Gasteiger charge is 2.15. The minimum Gasteiger partial charge on any atom is -0.265 e. The van der Waals surface area contributed by atoms with Crippen LogP contribution in [-0.4, -0.2) is 15.0 Å². The molecule has 9 rings (SSSR count). The second-order valence-corrected chi connectivity index (χ2v) is 13.6. The number of pyridine rings is 3. The van der Waals surface area contributed by atoms with Crippen LogP contribution >= 0.6 is 11.8 Å². The molecule has 3 aromatic heterocycles. The van der Waals surface area contributed by atoms with Gasteiger partial charge >= 0.3 is 0 Å². The van der Waals surface area contributed by atoms with Gasteiger partial charge in [0.2, 0.25) is 0 Å². The molecule has 0 aliphatic carbocycles. The summed E-state index contributed by atoms with van der Waals surface area (Å²) in [6.45, 7) is 0. The van der Waals surface area contributed by atoms with Gasteiger partial charge in [-0.05, 0) is 110 Å². The smallest absolute Gasteiger partial charge is 0.0716 e. The molecule has 0 amide bonds. The second kappa shape index (κ2) is 13.5. The average molecular weight is 670 g/mol. The first kappa shape index (κ1) is 30.7. The Kier molecular flexibility index (Phi) is 8.13. The second-order valence-electron chi connectivity index (χ2n) is 12.5. The summed E-state index contributed by atoms with van der Waals surface area (Å²) in [6, 6.07) is 54.1. The Balaban J connectivity index is 0.989. The predicted molar refractivity (Wildman–Crippen MR) is 212 cm³/mol. The molecule has 1 aliphatic rings. The fourth-order valence-corrected chi connectivity index (χ4v) is 7.75. The average Bonchev–Trinajstić information content (AvgIpc) is 3.41. The molecular weight excluding hydrogens is 639 g/mol. The first-order valence-corrected chi connectivity index (χ1v) is 17.8. The third-order valence-corrected chi connectivity index (χ3v) is 10.5. The van der Waals surface area contributed by atoms with E-state index in [4.69, 9.17) is 4.98 Å². The Morgan fingerprint density at radius 1 is 0.353 bits per heavy atom. The first-order valence-electron chi connectivity index (χ1n) is 17.0. The van der Waals surface area contributed by atoms with E-state index in [-0.39, 0.29) is 0 Å². The number of benzene rings is 5. The van der Waals surface area contributed by atoms with E-state index in [1.165, 1.54) is 54.3 Å². The van der Waals surface area contributed by atoms with Crippen molar-refractivity contribution >= 4 is 23.9 Å². The van der Waals surface area contributed by atoms with E-state index in [9.17, 15) is 0 Å². The van der Waals surface area contributed by atoms with Crippen LogP contribution < -0.4 is 0 Å². The maximum absolute atomic E-state index is 4.99. The summed E-state index contributed by atoms with van der Waals surface area (Å²) in [5.41, 5.74) is 15.9. The number of rotatable bonds is 6. The van der Waals surface area contributed by atoms with Gasteiger partial charge in [-0.2, -0.15) is 0 Å². The highest BCUT2D eigenvalue weighted by atomic mass is 32.2. The molecule has 0 bridgehead atoms. The van der Waals surface area contributed by atoms with Crippen molar-refractivity contribution in [2.45, 2.75) is 9.79 Å². The molecule has 3 nitrogen and oxygen atoms in total. The van der Waals surface area contributed by atoms with Crippen molar-refractivity contribution in [1.82, 2.24) is 15.0 Å². The van der Waals surface area contributed by atoms with Crippen molar-refractivity contribution in [3.05, 3.63) is 188 Å². The van der Waals surface area contributed by atoms with Gasteiger partial charge in [-0.25, -0.2) is 4.98 Å². The lowest BCUT2D eigenvalue weighted by atomic mass is 9.94. The summed E-state index contributed by atoms with van der Waals surface area (Å²) >= 11 is 1.84. The van der Waals surface area contributed by atoms with E-state index in [1.54, 1.807) is 24.8 Å². The molecule has 0 atom stereocenters. The van der Waals surface area contributed by atoms with Gasteiger partial charge in [-0.1, -0.05) is 121 Å². The molecule has 8 aromatic rings. The van der Waals surface area contributed by atoms with Gasteiger partial charge in [0, 0.05) is 45.7 Å². The summed E-state index contributed by atoms with van der Waals surface area (Å²) in [4.78, 5) is 15.9. The van der Waals surface area contributed by atoms with Crippen LogP contribution in [-0.2, 0) is 0 Å². The minimum absolute atomic E-state index is 0.911. The minimum atomic E-state index is 0.911. The van der Waals surface area contributed by atoms with Crippen LogP contribution in [0, 0.1) is 0 Å². The third kappa shape index (κ3) is 6.29. The van der Waals surface area contributed by atoms with Gasteiger partial charge in [0.1, 0.15) is 0 Å². The molecular formula is C47H31N3S. The molecule has 4 heterocycles. The Morgan fingerprint density at radius 2 is 0.882 bits per heavy atom. The Morgan fingerprint density at radius 3 is 1.53 bits per heavy atom. The number of hydrogen-bond donors (Lipinski definition) is 0. The molecule has 0 saturated heterocycles. The van der Waals surface area contributed by atoms with Gasteiger partial charge in [0.05, 0.1) is 11.4 Å². The largest absolute Gasteiger partial charge is 0.265 e. The van der Waals surface area contributed by atoms with Crippen molar-refractivity contribution in [2.75, 3.05) is 0 Å². The van der Waals surface area contributed by atoms with Gasteiger partial charge in [0.25, 0.3) is 0 Å². The van der Waals surface area contributed by atoms with Crippen LogP contribution in [0.1, 0.15) is 11.1 Å². The van der Waals surface area contributed by atoms with E-state index in [0.717, 1.165) is 33.6 Å². The molecule has 51 heavy (non-hydrogen) atoms. The number of nitrogens with zero attached hydrogens (tertiary/aromatic N) is 3. The standard InChI is InChI=1S/C47H31N3S/c1-2-9-46-38(5-1)19-20-43-42(8-4-10-47(43)51-46)40-7-3-6-39(29-40)34-15-11-32(12-16-34)33-13-17-35(18-14-33)41-30-44(36-21-25-48-26-22-36)50-45(31-41)37-23-27-49-28-24-37/h1-31H. The number of hydrogen-bond acceptors (Lipinski definition) is 4. The number of fused-ring (bicyclic) bond motifs is 2. The van der Waals surface area contributed by atoms with Crippen LogP contribution in [0.3, 0.4) is 0 Å². The third-order valence-electron chi connectivity index (χ3n) is 9.36. The van der Waals surface area contributed by atoms with Crippen molar-refractivity contribution < 1.29 is 0 Å². The van der Waals surface area contributed by atoms with E-state index in [0.29, 0.717) is 0 Å². The van der Waals surface area contributed by atoms with E-state index >= 15 is 0 Å². The molecule has 0 spiro atoms. The Bertz CT molecular complexity index is 2470. The molecule has 1 aliphatic heterocycles. The lowest BCUT2D eigenvalue weighted by Gasteiger charge is -2.13. The van der Waals surface area contributed by atoms with Gasteiger partial charge < -0.3 is 0 Å². The monoisotopic (exact) mass is 669 g/mol. The van der Waals surface area contributed by atoms with Gasteiger partial charge in [-0.3, -0.25) is 9.97 Å². The molecule has 0 fully saturated rings. The van der Waals surface area contributed by atoms with Crippen LogP contribution in [0.25, 0.3) is 79.2 Å². The zero-order valence-corrected chi connectivity index (χ0v) is 28.5. The fraction of sp³-hybridized carbons (Fsp3) is 0. The summed E-state index contributed by atoms with van der Waals surface area (Å²) in [5.74, 6) is 0. The molecule has 0 N–H and O–H groups in total. The highest BCUT2D eigenvalue weighted by Crippen LogP contribution is 2.42. The fourth-order valence-electron chi connectivity index (χ4n) is 6.67. The predicted octanol–water partition coefficient (Wildman–Crippen LogP) is 12.5. The van der Waals surface area contributed by atoms with E-state index in [2.05, 4.69) is 150 Å². The molecule has 0 saturated carbocycles. The maximum atomic E-state index is 4.99. The van der Waals surface area contributed by atoms with E-state index < -0.39 is 0 Å². The molecule has 0 radical (unpaired) electrons. The SMILES string of the molecule is C1=Cc2c(cccc2-c2cccc(-c3ccc(-c4ccc(-c5cc(-c6ccncc6)nc(-c6ccncc6)c5)cc4)cc3)c2)Sc2ccccc21. The van der Waals surface area contributed by atoms with Crippen LogP contribution in [0.2, 0.25) is 0 Å². The summed E-state index contributed by atoms with van der Waals surface area (Å²) in [6.07, 6.45) is 11.7. The topological polar surface area (TPSA) is 38.7 Å². The molecule has 4 heteroatoms. The quantitative estimate of drug-likeness (QED) is 0.177. The van der Waals surface area contributed by atoms with Crippen LogP contribution in [0.4, 0.5) is 0 Å². The number of aromatic nitrogens is 3. The molecule has 0 unspecified atom stereocenters. The van der Waals surface area contributed by atoms with Crippen LogP contribution in [0.5, 0.6) is 0 Å². The van der Waals surface area contributed by atoms with Gasteiger partial charge in [0.15, 0.2) is 0 Å². The van der Waals surface area contributed by atoms with Crippen molar-refractivity contribution in [3.8, 4) is 67.0 Å². The molecule has 240 valence electrons. The normalized spacial score (nSPS) is 11.8. The summed E-state index contributed by atoms with van der Waals surface area (Å²) < 4.78 is 0. The highest BCUT2D eigenvalue weighted by molar-refractivity contribution is 7.99. The van der Waals surface area contributed by atoms with Crippen molar-refractivity contribution in [3.63, 3.8) is 0 Å². The summed E-state index contributed by atoms with van der Waals surface area (Å²) in [7, 11) is 0. The van der Waals surface area contributed by atoms with Gasteiger partial charge in [-0.15, -0.1) is 0 Å². The Labute approximate surface area is 302 Å². The lowest BCUT2D eigenvalue weighted by Crippen LogP contribution is -1.91. The van der Waals surface area contributed by atoms with Crippen LogP contribution in [0.15, 0.2) is 186 Å². The first-order chi connectivity index (χ1) is 25.2. The molecule has 5 aromatic carbocycles. The lowest BCUT2D eigenvalue weighted by molar-refractivity contribution is 1.27. The zero-order chi connectivity index (χ0) is 34.0. The zero-order valence-electron chi connectivity index (χ0n) is 27.6. The Hall–Kier alpha value is -6.36. The van der Waals surface area contributed by atoms with Crippen molar-refractivity contribution in [1.29, 1.82) is 0 Å². The maximum Gasteiger partial charge on any atom is 0.0716 e.